The Labute approximate surface area is 99.4 Å². The lowest BCUT2D eigenvalue weighted by Crippen LogP contribution is -2.44. The molecule has 2 N–H and O–H groups in total. The zero-order valence-electron chi connectivity index (χ0n) is 9.17. The molecule has 2 heterocycles. The molecule has 0 atom stereocenters. The van der Waals surface area contributed by atoms with Crippen molar-refractivity contribution < 1.29 is 13.2 Å². The molecule has 1 aromatic heterocycles. The summed E-state index contributed by atoms with van der Waals surface area (Å²) < 4.78 is 22.5. The Bertz CT molecular complexity index is 527. The lowest BCUT2D eigenvalue weighted by molar-refractivity contribution is 0.0764. The van der Waals surface area contributed by atoms with Crippen molar-refractivity contribution in [2.24, 2.45) is 0 Å². The van der Waals surface area contributed by atoms with Gasteiger partial charge in [0, 0.05) is 13.1 Å². The van der Waals surface area contributed by atoms with Crippen molar-refractivity contribution in [3.05, 3.63) is 23.9 Å². The molecule has 0 aromatic carbocycles. The number of pyridine rings is 1. The van der Waals surface area contributed by atoms with Crippen LogP contribution in [-0.4, -0.2) is 48.8 Å². The molecule has 0 saturated carbocycles. The fraction of sp³-hybridized carbons (Fsp3) is 0.400. The third-order valence-electron chi connectivity index (χ3n) is 2.62. The average molecular weight is 255 g/mol. The maximum atomic E-state index is 12.0. The zero-order chi connectivity index (χ0) is 12.5. The highest BCUT2D eigenvalue weighted by Gasteiger charge is 2.26. The van der Waals surface area contributed by atoms with E-state index < -0.39 is 9.84 Å². The first-order valence-electron chi connectivity index (χ1n) is 5.20. The fourth-order valence-electron chi connectivity index (χ4n) is 1.65. The van der Waals surface area contributed by atoms with Crippen molar-refractivity contribution in [2.75, 3.05) is 30.3 Å². The van der Waals surface area contributed by atoms with E-state index in [9.17, 15) is 13.2 Å². The summed E-state index contributed by atoms with van der Waals surface area (Å²) in [6, 6.07) is 4.81. The predicted octanol–water partition coefficient (Wildman–Crippen LogP) is -0.466. The molecular weight excluding hydrogens is 242 g/mol. The molecule has 17 heavy (non-hydrogen) atoms. The van der Waals surface area contributed by atoms with Crippen LogP contribution in [0.3, 0.4) is 0 Å². The highest BCUT2D eigenvalue weighted by Crippen LogP contribution is 2.09. The van der Waals surface area contributed by atoms with Gasteiger partial charge in [0.25, 0.3) is 5.91 Å². The molecule has 1 saturated heterocycles. The number of amides is 1. The first-order valence-corrected chi connectivity index (χ1v) is 7.02. The second-order valence-electron chi connectivity index (χ2n) is 3.89. The first-order chi connectivity index (χ1) is 7.98. The second-order valence-corrected chi connectivity index (χ2v) is 6.20. The quantitative estimate of drug-likeness (QED) is 0.732. The van der Waals surface area contributed by atoms with E-state index in [0.29, 0.717) is 0 Å². The van der Waals surface area contributed by atoms with Gasteiger partial charge in [0.05, 0.1) is 11.5 Å². The topological polar surface area (TPSA) is 93.4 Å². The maximum absolute atomic E-state index is 12.0. The average Bonchev–Trinajstić information content (AvgIpc) is 2.28. The second kappa shape index (κ2) is 4.33. The number of hydrogen-bond donors (Lipinski definition) is 1. The van der Waals surface area contributed by atoms with Gasteiger partial charge in [-0.25, -0.2) is 13.4 Å². The summed E-state index contributed by atoms with van der Waals surface area (Å²) in [6.07, 6.45) is 0. The molecule has 1 fully saturated rings. The van der Waals surface area contributed by atoms with E-state index in [4.69, 9.17) is 5.73 Å². The molecule has 1 amide bonds. The molecule has 0 aliphatic carbocycles. The van der Waals surface area contributed by atoms with Crippen LogP contribution < -0.4 is 5.73 Å². The van der Waals surface area contributed by atoms with E-state index in [1.807, 2.05) is 0 Å². The molecule has 1 aliphatic heterocycles. The number of hydrogen-bond acceptors (Lipinski definition) is 5. The molecule has 7 heteroatoms. The van der Waals surface area contributed by atoms with Gasteiger partial charge in [-0.1, -0.05) is 6.07 Å². The lowest BCUT2D eigenvalue weighted by atomic mass is 10.3. The van der Waals surface area contributed by atoms with E-state index in [-0.39, 0.29) is 42.0 Å². The van der Waals surface area contributed by atoms with Gasteiger partial charge in [0.2, 0.25) is 0 Å². The maximum Gasteiger partial charge on any atom is 0.272 e. The van der Waals surface area contributed by atoms with Crippen molar-refractivity contribution in [2.45, 2.75) is 0 Å². The summed E-state index contributed by atoms with van der Waals surface area (Å²) in [7, 11) is -2.98. The molecule has 2 rings (SSSR count). The van der Waals surface area contributed by atoms with Crippen LogP contribution in [0.25, 0.3) is 0 Å². The molecule has 1 aromatic rings. The summed E-state index contributed by atoms with van der Waals surface area (Å²) in [6.45, 7) is 0.440. The monoisotopic (exact) mass is 255 g/mol. The van der Waals surface area contributed by atoms with Gasteiger partial charge in [-0.05, 0) is 12.1 Å². The van der Waals surface area contributed by atoms with Gasteiger partial charge in [0.1, 0.15) is 11.5 Å². The molecular formula is C10H13N3O3S. The Morgan fingerprint density at radius 1 is 1.29 bits per heavy atom. The predicted molar refractivity (Wildman–Crippen MR) is 63.2 cm³/mol. The number of anilines is 1. The molecule has 92 valence electrons. The van der Waals surface area contributed by atoms with Crippen LogP contribution in [0.15, 0.2) is 18.2 Å². The van der Waals surface area contributed by atoms with Crippen molar-refractivity contribution in [3.8, 4) is 0 Å². The van der Waals surface area contributed by atoms with E-state index in [1.54, 1.807) is 18.2 Å². The largest absolute Gasteiger partial charge is 0.384 e. The summed E-state index contributed by atoms with van der Waals surface area (Å²) in [4.78, 5) is 17.4. The molecule has 0 spiro atoms. The van der Waals surface area contributed by atoms with Crippen molar-refractivity contribution in [1.82, 2.24) is 9.88 Å². The van der Waals surface area contributed by atoms with Gasteiger partial charge in [-0.3, -0.25) is 4.79 Å². The third kappa shape index (κ3) is 2.73. The summed E-state index contributed by atoms with van der Waals surface area (Å²) in [5, 5.41) is 0. The number of nitrogens with zero attached hydrogens (tertiary/aromatic N) is 2. The van der Waals surface area contributed by atoms with Crippen LogP contribution in [0.5, 0.6) is 0 Å². The van der Waals surface area contributed by atoms with Gasteiger partial charge in [-0.15, -0.1) is 0 Å². The fourth-order valence-corrected chi connectivity index (χ4v) is 2.85. The Morgan fingerprint density at radius 2 is 1.94 bits per heavy atom. The number of carbonyl (C=O) groups is 1. The molecule has 6 nitrogen and oxygen atoms in total. The minimum atomic E-state index is -2.98. The Morgan fingerprint density at radius 3 is 2.53 bits per heavy atom. The van der Waals surface area contributed by atoms with Crippen LogP contribution in [0.1, 0.15) is 10.5 Å². The number of rotatable bonds is 1. The molecule has 0 radical (unpaired) electrons. The van der Waals surface area contributed by atoms with E-state index in [1.165, 1.54) is 4.90 Å². The summed E-state index contributed by atoms with van der Waals surface area (Å²) >= 11 is 0. The van der Waals surface area contributed by atoms with E-state index in [2.05, 4.69) is 4.98 Å². The number of aromatic nitrogens is 1. The zero-order valence-corrected chi connectivity index (χ0v) is 9.98. The van der Waals surface area contributed by atoms with Gasteiger partial charge >= 0.3 is 0 Å². The van der Waals surface area contributed by atoms with Gasteiger partial charge in [0.15, 0.2) is 9.84 Å². The van der Waals surface area contributed by atoms with Crippen molar-refractivity contribution in [1.29, 1.82) is 0 Å². The van der Waals surface area contributed by atoms with Crippen LogP contribution in [0.4, 0.5) is 5.82 Å². The van der Waals surface area contributed by atoms with E-state index in [0.717, 1.165) is 0 Å². The van der Waals surface area contributed by atoms with Crippen LogP contribution in [0.2, 0.25) is 0 Å². The summed E-state index contributed by atoms with van der Waals surface area (Å²) in [5.41, 5.74) is 5.75. The third-order valence-corrected chi connectivity index (χ3v) is 4.23. The number of nitrogens with two attached hydrogens (primary N) is 1. The van der Waals surface area contributed by atoms with Crippen molar-refractivity contribution in [3.63, 3.8) is 0 Å². The highest BCUT2D eigenvalue weighted by molar-refractivity contribution is 7.91. The Kier molecular flexibility index (Phi) is 3.01. The molecule has 1 aliphatic rings. The molecule has 0 bridgehead atoms. The normalized spacial score (nSPS) is 18.9. The van der Waals surface area contributed by atoms with Crippen LogP contribution in [0, 0.1) is 0 Å². The van der Waals surface area contributed by atoms with Crippen LogP contribution in [-0.2, 0) is 9.84 Å². The van der Waals surface area contributed by atoms with E-state index >= 15 is 0 Å². The number of nitrogen functional groups attached to an aromatic ring is 1. The van der Waals surface area contributed by atoms with Crippen molar-refractivity contribution >= 4 is 21.6 Å². The van der Waals surface area contributed by atoms with Crippen LogP contribution >= 0.6 is 0 Å². The SMILES string of the molecule is Nc1cccc(C(=O)N2CCS(=O)(=O)CC2)n1. The Balaban J connectivity index is 2.12. The highest BCUT2D eigenvalue weighted by atomic mass is 32.2. The van der Waals surface area contributed by atoms with Gasteiger partial charge in [-0.2, -0.15) is 0 Å². The minimum absolute atomic E-state index is 0.0149. The smallest absolute Gasteiger partial charge is 0.272 e. The van der Waals surface area contributed by atoms with Gasteiger partial charge < -0.3 is 10.6 Å². The number of carbonyl (C=O) groups excluding carboxylic acids is 1. The summed E-state index contributed by atoms with van der Waals surface area (Å²) in [5.74, 6) is 0.0370. The minimum Gasteiger partial charge on any atom is -0.384 e. The standard InChI is InChI=1S/C10H13N3O3S/c11-9-3-1-2-8(12-9)10(14)13-4-6-17(15,16)7-5-13/h1-3H,4-7H2,(H2,11,12). The number of sulfone groups is 1. The Hall–Kier alpha value is -1.63. The molecule has 0 unspecified atom stereocenters. The first kappa shape index (κ1) is 11.8. The lowest BCUT2D eigenvalue weighted by Gasteiger charge is -2.26.